The first kappa shape index (κ1) is 18.1. The molecule has 0 bridgehead atoms. The Balaban J connectivity index is 0.00000168. The maximum Gasteiger partial charge on any atom is 0.164 e. The molecule has 0 radical (unpaired) electrons. The van der Waals surface area contributed by atoms with E-state index in [1.807, 2.05) is 11.3 Å². The Kier molecular flexibility index (Phi) is 4.93. The van der Waals surface area contributed by atoms with Gasteiger partial charge in [0.1, 0.15) is 13.2 Å². The van der Waals surface area contributed by atoms with Crippen LogP contribution in [0, 0.1) is 0 Å². The predicted molar refractivity (Wildman–Crippen MR) is 108 cm³/mol. The van der Waals surface area contributed by atoms with Gasteiger partial charge in [0.2, 0.25) is 0 Å². The Morgan fingerprint density at radius 2 is 2.08 bits per heavy atom. The molecule has 2 aromatic rings. The molecule has 0 spiro atoms. The van der Waals surface area contributed by atoms with Crippen molar-refractivity contribution in [2.45, 2.75) is 44.1 Å². The summed E-state index contributed by atoms with van der Waals surface area (Å²) >= 11 is 1.91. The smallest absolute Gasteiger partial charge is 0.164 e. The van der Waals surface area contributed by atoms with Crippen molar-refractivity contribution in [3.63, 3.8) is 0 Å². The van der Waals surface area contributed by atoms with Crippen LogP contribution in [0.2, 0.25) is 0 Å². The molecular formula is C21H26ClNO2S. The molecule has 3 nitrogen and oxygen atoms in total. The highest BCUT2D eigenvalue weighted by molar-refractivity contribution is 7.10. The zero-order chi connectivity index (χ0) is 16.9. The van der Waals surface area contributed by atoms with E-state index in [1.165, 1.54) is 43.5 Å². The van der Waals surface area contributed by atoms with Crippen molar-refractivity contribution in [1.82, 2.24) is 4.90 Å². The highest BCUT2D eigenvalue weighted by Crippen LogP contribution is 2.49. The third kappa shape index (κ3) is 2.83. The van der Waals surface area contributed by atoms with Gasteiger partial charge in [0.15, 0.2) is 11.5 Å². The summed E-state index contributed by atoms with van der Waals surface area (Å²) in [5.41, 5.74) is 2.98. The number of hydrogen-bond acceptors (Lipinski definition) is 4. The van der Waals surface area contributed by atoms with Gasteiger partial charge in [0.25, 0.3) is 0 Å². The second kappa shape index (κ2) is 7.06. The molecule has 140 valence electrons. The molecular weight excluding hydrogens is 366 g/mol. The van der Waals surface area contributed by atoms with E-state index in [2.05, 4.69) is 41.5 Å². The molecule has 5 rings (SSSR count). The Labute approximate surface area is 165 Å². The molecule has 2 atom stereocenters. The Hall–Kier alpha value is -1.23. The van der Waals surface area contributed by atoms with Crippen molar-refractivity contribution >= 4 is 23.7 Å². The Morgan fingerprint density at radius 3 is 2.92 bits per heavy atom. The Morgan fingerprint density at radius 1 is 1.19 bits per heavy atom. The van der Waals surface area contributed by atoms with Crippen LogP contribution < -0.4 is 9.47 Å². The van der Waals surface area contributed by atoms with E-state index in [1.54, 1.807) is 4.88 Å². The van der Waals surface area contributed by atoms with E-state index < -0.39 is 0 Å². The van der Waals surface area contributed by atoms with Gasteiger partial charge in [-0.2, -0.15) is 0 Å². The average molecular weight is 392 g/mol. The monoisotopic (exact) mass is 391 g/mol. The van der Waals surface area contributed by atoms with Crippen LogP contribution in [0.15, 0.2) is 29.6 Å². The largest absolute Gasteiger partial charge is 0.486 e. The number of rotatable bonds is 2. The molecule has 0 N–H and O–H groups in total. The minimum absolute atomic E-state index is 0. The fourth-order valence-electron chi connectivity index (χ4n) is 4.96. The fourth-order valence-corrected chi connectivity index (χ4v) is 5.82. The van der Waals surface area contributed by atoms with Crippen molar-refractivity contribution < 1.29 is 9.47 Å². The number of fused-ring (bicyclic) bond motifs is 3. The van der Waals surface area contributed by atoms with Gasteiger partial charge in [-0.05, 0) is 62.2 Å². The highest BCUT2D eigenvalue weighted by Gasteiger charge is 2.42. The number of hydrogen-bond donors (Lipinski definition) is 0. The van der Waals surface area contributed by atoms with Gasteiger partial charge < -0.3 is 9.47 Å². The van der Waals surface area contributed by atoms with Crippen molar-refractivity contribution in [2.24, 2.45) is 0 Å². The van der Waals surface area contributed by atoms with Gasteiger partial charge in [-0.15, -0.1) is 23.7 Å². The summed E-state index contributed by atoms with van der Waals surface area (Å²) in [6.07, 6.45) is 4.84. The molecule has 26 heavy (non-hydrogen) atoms. The zero-order valence-corrected chi connectivity index (χ0v) is 16.8. The molecule has 0 saturated carbocycles. The number of halogens is 1. The average Bonchev–Trinajstić information content (AvgIpc) is 3.33. The van der Waals surface area contributed by atoms with E-state index in [4.69, 9.17) is 9.47 Å². The van der Waals surface area contributed by atoms with Gasteiger partial charge in [-0.1, -0.05) is 12.1 Å². The number of benzene rings is 1. The molecule has 1 aromatic heterocycles. The lowest BCUT2D eigenvalue weighted by Gasteiger charge is -2.44. The van der Waals surface area contributed by atoms with Gasteiger partial charge in [0.05, 0.1) is 0 Å². The SMILES string of the molecule is CC1(N2CCC(c3cccs3)C2)CCCc2c1ccc1c2OCCO1.Cl. The summed E-state index contributed by atoms with van der Waals surface area (Å²) in [4.78, 5) is 4.27. The molecule has 1 saturated heterocycles. The molecule has 1 aliphatic carbocycles. The van der Waals surface area contributed by atoms with E-state index in [9.17, 15) is 0 Å². The molecule has 2 aliphatic heterocycles. The first-order chi connectivity index (χ1) is 12.3. The summed E-state index contributed by atoms with van der Waals surface area (Å²) in [6.45, 7) is 6.14. The quantitative estimate of drug-likeness (QED) is 0.720. The third-order valence-corrected chi connectivity index (χ3v) is 7.35. The van der Waals surface area contributed by atoms with Crippen LogP contribution in [0.25, 0.3) is 0 Å². The van der Waals surface area contributed by atoms with Crippen LogP contribution >= 0.6 is 23.7 Å². The molecule has 0 amide bonds. The first-order valence-corrected chi connectivity index (χ1v) is 10.3. The maximum atomic E-state index is 6.02. The summed E-state index contributed by atoms with van der Waals surface area (Å²) in [5, 5.41) is 2.21. The molecule has 3 aliphatic rings. The topological polar surface area (TPSA) is 21.7 Å². The normalized spacial score (nSPS) is 27.7. The van der Waals surface area contributed by atoms with Crippen molar-refractivity contribution in [3.05, 3.63) is 45.6 Å². The first-order valence-electron chi connectivity index (χ1n) is 9.46. The van der Waals surface area contributed by atoms with Crippen molar-refractivity contribution in [2.75, 3.05) is 26.3 Å². The highest BCUT2D eigenvalue weighted by atomic mass is 35.5. The lowest BCUT2D eigenvalue weighted by Crippen LogP contribution is -2.45. The van der Waals surface area contributed by atoms with Gasteiger partial charge in [-0.25, -0.2) is 0 Å². The van der Waals surface area contributed by atoms with Crippen LogP contribution in [-0.4, -0.2) is 31.2 Å². The van der Waals surface area contributed by atoms with E-state index in [0.29, 0.717) is 19.1 Å². The van der Waals surface area contributed by atoms with Crippen LogP contribution in [-0.2, 0) is 12.0 Å². The number of ether oxygens (including phenoxy) is 2. The van der Waals surface area contributed by atoms with Crippen LogP contribution in [0.4, 0.5) is 0 Å². The molecule has 1 fully saturated rings. The maximum absolute atomic E-state index is 6.02. The Bertz CT molecular complexity index is 779. The van der Waals surface area contributed by atoms with Gasteiger partial charge in [-0.3, -0.25) is 4.90 Å². The summed E-state index contributed by atoms with van der Waals surface area (Å²) < 4.78 is 11.8. The van der Waals surface area contributed by atoms with Crippen molar-refractivity contribution in [1.29, 1.82) is 0 Å². The molecule has 3 heterocycles. The lowest BCUT2D eigenvalue weighted by atomic mass is 9.76. The second-order valence-corrected chi connectivity index (χ2v) is 8.67. The van der Waals surface area contributed by atoms with E-state index in [-0.39, 0.29) is 17.9 Å². The minimum Gasteiger partial charge on any atom is -0.486 e. The standard InChI is InChI=1S/C21H25NO2S.ClH/c1-21(22-10-8-15(14-22)19-5-3-13-25-19)9-2-4-16-17(21)6-7-18-20(16)24-12-11-23-18;/h3,5-7,13,15H,2,4,8-12,14H2,1H3;1H. The molecule has 2 unspecified atom stereocenters. The summed E-state index contributed by atoms with van der Waals surface area (Å²) in [6, 6.07) is 8.92. The van der Waals surface area contributed by atoms with Gasteiger partial charge >= 0.3 is 0 Å². The zero-order valence-electron chi connectivity index (χ0n) is 15.2. The lowest BCUT2D eigenvalue weighted by molar-refractivity contribution is 0.108. The number of likely N-dealkylation sites (tertiary alicyclic amines) is 1. The van der Waals surface area contributed by atoms with Crippen LogP contribution in [0.3, 0.4) is 0 Å². The second-order valence-electron chi connectivity index (χ2n) is 7.69. The number of thiophene rings is 1. The molecule has 1 aromatic carbocycles. The van der Waals surface area contributed by atoms with Crippen molar-refractivity contribution in [3.8, 4) is 11.5 Å². The van der Waals surface area contributed by atoms with Crippen LogP contribution in [0.1, 0.15) is 48.1 Å². The minimum atomic E-state index is 0. The fraction of sp³-hybridized carbons (Fsp3) is 0.524. The predicted octanol–water partition coefficient (Wildman–Crippen LogP) is 4.98. The summed E-state index contributed by atoms with van der Waals surface area (Å²) in [5.74, 6) is 2.65. The van der Waals surface area contributed by atoms with Crippen LogP contribution in [0.5, 0.6) is 11.5 Å². The molecule has 5 heteroatoms. The van der Waals surface area contributed by atoms with E-state index >= 15 is 0 Å². The number of nitrogens with zero attached hydrogens (tertiary/aromatic N) is 1. The summed E-state index contributed by atoms with van der Waals surface area (Å²) in [7, 11) is 0. The third-order valence-electron chi connectivity index (χ3n) is 6.31. The van der Waals surface area contributed by atoms with Gasteiger partial charge in [0, 0.05) is 28.4 Å². The van der Waals surface area contributed by atoms with E-state index in [0.717, 1.165) is 17.9 Å².